The summed E-state index contributed by atoms with van der Waals surface area (Å²) in [5, 5.41) is 3.31. The van der Waals surface area contributed by atoms with E-state index in [1.807, 2.05) is 12.1 Å². The zero-order chi connectivity index (χ0) is 9.80. The van der Waals surface area contributed by atoms with E-state index in [9.17, 15) is 0 Å². The van der Waals surface area contributed by atoms with E-state index >= 15 is 0 Å². The van der Waals surface area contributed by atoms with Crippen LogP contribution in [0.25, 0.3) is 0 Å². The SMILES string of the molecule is Ic1ccc(OC2CCNCC2)cn1. The van der Waals surface area contributed by atoms with Crippen LogP contribution in [0.5, 0.6) is 5.75 Å². The van der Waals surface area contributed by atoms with E-state index in [2.05, 4.69) is 32.9 Å². The first-order valence-corrected chi connectivity index (χ1v) is 5.91. The van der Waals surface area contributed by atoms with Crippen molar-refractivity contribution >= 4 is 22.6 Å². The average molecular weight is 304 g/mol. The highest BCUT2D eigenvalue weighted by Crippen LogP contribution is 2.16. The van der Waals surface area contributed by atoms with Crippen molar-refractivity contribution in [3.63, 3.8) is 0 Å². The van der Waals surface area contributed by atoms with Crippen molar-refractivity contribution in [1.29, 1.82) is 0 Å². The second-order valence-electron chi connectivity index (χ2n) is 3.38. The minimum atomic E-state index is 0.359. The molecule has 1 fully saturated rings. The third kappa shape index (κ3) is 2.81. The van der Waals surface area contributed by atoms with Gasteiger partial charge < -0.3 is 10.1 Å². The minimum absolute atomic E-state index is 0.359. The van der Waals surface area contributed by atoms with Crippen LogP contribution in [0.2, 0.25) is 0 Å². The van der Waals surface area contributed by atoms with Gasteiger partial charge >= 0.3 is 0 Å². The Morgan fingerprint density at radius 2 is 2.14 bits per heavy atom. The Kier molecular flexibility index (Phi) is 3.58. The molecule has 1 aromatic rings. The molecule has 1 aliphatic rings. The lowest BCUT2D eigenvalue weighted by Gasteiger charge is -2.23. The van der Waals surface area contributed by atoms with Gasteiger partial charge in [0.1, 0.15) is 15.6 Å². The lowest BCUT2D eigenvalue weighted by molar-refractivity contribution is 0.162. The van der Waals surface area contributed by atoms with Crippen molar-refractivity contribution in [2.24, 2.45) is 0 Å². The van der Waals surface area contributed by atoms with Gasteiger partial charge in [-0.25, -0.2) is 4.98 Å². The Bertz CT molecular complexity index is 283. The van der Waals surface area contributed by atoms with Gasteiger partial charge in [-0.05, 0) is 60.7 Å². The summed E-state index contributed by atoms with van der Waals surface area (Å²) in [6, 6.07) is 3.95. The topological polar surface area (TPSA) is 34.1 Å². The second kappa shape index (κ2) is 4.93. The average Bonchev–Trinajstić information content (AvgIpc) is 2.23. The number of piperidine rings is 1. The Hall–Kier alpha value is -0.360. The molecule has 0 aliphatic carbocycles. The quantitative estimate of drug-likeness (QED) is 0.668. The molecule has 2 rings (SSSR count). The van der Waals surface area contributed by atoms with Crippen molar-refractivity contribution in [2.75, 3.05) is 13.1 Å². The van der Waals surface area contributed by atoms with E-state index in [0.29, 0.717) is 6.10 Å². The Morgan fingerprint density at radius 1 is 1.36 bits per heavy atom. The maximum absolute atomic E-state index is 5.80. The molecular formula is C10H13IN2O. The zero-order valence-electron chi connectivity index (χ0n) is 7.87. The summed E-state index contributed by atoms with van der Waals surface area (Å²) in [6.45, 7) is 2.12. The van der Waals surface area contributed by atoms with Gasteiger partial charge in [-0.15, -0.1) is 0 Å². The van der Waals surface area contributed by atoms with E-state index in [0.717, 1.165) is 35.4 Å². The molecule has 0 radical (unpaired) electrons. The number of pyridine rings is 1. The van der Waals surface area contributed by atoms with Crippen molar-refractivity contribution in [3.8, 4) is 5.75 Å². The van der Waals surface area contributed by atoms with E-state index < -0.39 is 0 Å². The minimum Gasteiger partial charge on any atom is -0.489 e. The van der Waals surface area contributed by atoms with Crippen LogP contribution in [0.3, 0.4) is 0 Å². The largest absolute Gasteiger partial charge is 0.489 e. The van der Waals surface area contributed by atoms with Gasteiger partial charge in [0.2, 0.25) is 0 Å². The Morgan fingerprint density at radius 3 is 2.79 bits per heavy atom. The molecule has 2 heterocycles. The molecule has 1 aliphatic heterocycles. The van der Waals surface area contributed by atoms with Gasteiger partial charge in [0.25, 0.3) is 0 Å². The number of halogens is 1. The van der Waals surface area contributed by atoms with Gasteiger partial charge in [0.15, 0.2) is 0 Å². The molecule has 4 heteroatoms. The van der Waals surface area contributed by atoms with E-state index in [4.69, 9.17) is 4.74 Å². The van der Waals surface area contributed by atoms with E-state index in [-0.39, 0.29) is 0 Å². The molecule has 0 bridgehead atoms. The van der Waals surface area contributed by atoms with Crippen molar-refractivity contribution < 1.29 is 4.74 Å². The molecular weight excluding hydrogens is 291 g/mol. The fourth-order valence-electron chi connectivity index (χ4n) is 1.54. The molecule has 0 saturated carbocycles. The maximum Gasteiger partial charge on any atom is 0.138 e. The lowest BCUT2D eigenvalue weighted by atomic mass is 10.1. The van der Waals surface area contributed by atoms with Crippen LogP contribution in [-0.2, 0) is 0 Å². The number of nitrogens with one attached hydrogen (secondary N) is 1. The molecule has 76 valence electrons. The van der Waals surface area contributed by atoms with E-state index in [1.165, 1.54) is 0 Å². The molecule has 1 aromatic heterocycles. The van der Waals surface area contributed by atoms with Crippen molar-refractivity contribution in [2.45, 2.75) is 18.9 Å². The summed E-state index contributed by atoms with van der Waals surface area (Å²) in [7, 11) is 0. The summed E-state index contributed by atoms with van der Waals surface area (Å²) in [6.07, 6.45) is 4.33. The Balaban J connectivity index is 1.92. The van der Waals surface area contributed by atoms with Crippen LogP contribution in [-0.4, -0.2) is 24.2 Å². The number of nitrogens with zero attached hydrogens (tertiary/aromatic N) is 1. The highest BCUT2D eigenvalue weighted by molar-refractivity contribution is 14.1. The first kappa shape index (κ1) is 10.2. The van der Waals surface area contributed by atoms with Gasteiger partial charge in [0, 0.05) is 0 Å². The third-order valence-electron chi connectivity index (χ3n) is 2.29. The smallest absolute Gasteiger partial charge is 0.138 e. The number of hydrogen-bond donors (Lipinski definition) is 1. The maximum atomic E-state index is 5.80. The van der Waals surface area contributed by atoms with Crippen LogP contribution in [0.15, 0.2) is 18.3 Å². The van der Waals surface area contributed by atoms with Gasteiger partial charge in [-0.1, -0.05) is 0 Å². The predicted octanol–water partition coefficient (Wildman–Crippen LogP) is 1.82. The third-order valence-corrected chi connectivity index (χ3v) is 2.93. The predicted molar refractivity (Wildman–Crippen MR) is 63.5 cm³/mol. The van der Waals surface area contributed by atoms with Gasteiger partial charge in [0.05, 0.1) is 6.20 Å². The molecule has 3 nitrogen and oxygen atoms in total. The summed E-state index contributed by atoms with van der Waals surface area (Å²) in [5.74, 6) is 0.886. The first-order chi connectivity index (χ1) is 6.84. The van der Waals surface area contributed by atoms with Crippen LogP contribution in [0, 0.1) is 3.70 Å². The standard InChI is InChI=1S/C10H13IN2O/c11-10-2-1-9(7-13-10)14-8-3-5-12-6-4-8/h1-2,7-8,12H,3-6H2. The lowest BCUT2D eigenvalue weighted by Crippen LogP contribution is -2.34. The van der Waals surface area contributed by atoms with Gasteiger partial charge in [-0.2, -0.15) is 0 Å². The monoisotopic (exact) mass is 304 g/mol. The van der Waals surface area contributed by atoms with Crippen LogP contribution in [0.1, 0.15) is 12.8 Å². The van der Waals surface area contributed by atoms with Crippen LogP contribution < -0.4 is 10.1 Å². The second-order valence-corrected chi connectivity index (χ2v) is 4.49. The molecule has 0 amide bonds. The summed E-state index contributed by atoms with van der Waals surface area (Å²) in [5.41, 5.74) is 0. The summed E-state index contributed by atoms with van der Waals surface area (Å²) < 4.78 is 6.80. The molecule has 14 heavy (non-hydrogen) atoms. The van der Waals surface area contributed by atoms with E-state index in [1.54, 1.807) is 6.20 Å². The number of ether oxygens (including phenoxy) is 1. The normalized spacial score (nSPS) is 18.1. The van der Waals surface area contributed by atoms with Crippen LogP contribution >= 0.6 is 22.6 Å². The zero-order valence-corrected chi connectivity index (χ0v) is 10.0. The fourth-order valence-corrected chi connectivity index (χ4v) is 1.86. The fraction of sp³-hybridized carbons (Fsp3) is 0.500. The highest BCUT2D eigenvalue weighted by atomic mass is 127. The van der Waals surface area contributed by atoms with Crippen LogP contribution in [0.4, 0.5) is 0 Å². The summed E-state index contributed by atoms with van der Waals surface area (Å²) >= 11 is 2.19. The van der Waals surface area contributed by atoms with Crippen molar-refractivity contribution in [3.05, 3.63) is 22.0 Å². The number of hydrogen-bond acceptors (Lipinski definition) is 3. The molecule has 0 unspecified atom stereocenters. The Labute approximate surface area is 97.4 Å². The molecule has 1 N–H and O–H groups in total. The molecule has 0 atom stereocenters. The summed E-state index contributed by atoms with van der Waals surface area (Å²) in [4.78, 5) is 4.19. The molecule has 0 spiro atoms. The molecule has 0 aromatic carbocycles. The highest BCUT2D eigenvalue weighted by Gasteiger charge is 2.14. The number of aromatic nitrogens is 1. The van der Waals surface area contributed by atoms with Gasteiger partial charge in [-0.3, -0.25) is 0 Å². The number of rotatable bonds is 2. The first-order valence-electron chi connectivity index (χ1n) is 4.83. The molecule has 1 saturated heterocycles. The van der Waals surface area contributed by atoms with Crippen molar-refractivity contribution in [1.82, 2.24) is 10.3 Å².